The molecule has 0 radical (unpaired) electrons. The molecule has 0 heterocycles. The first-order valence-electron chi connectivity index (χ1n) is 8.74. The number of unbranched alkanes of at least 4 members (excludes halogenated alkanes) is 4. The molecule has 0 amide bonds. The van der Waals surface area contributed by atoms with Crippen LogP contribution in [0.25, 0.3) is 0 Å². The maximum Gasteiger partial charge on any atom is 0.126 e. The van der Waals surface area contributed by atoms with Crippen LogP contribution in [0.1, 0.15) is 70.8 Å². The molecule has 0 unspecified atom stereocenters. The van der Waals surface area contributed by atoms with Crippen molar-refractivity contribution in [3.8, 4) is 0 Å². The topological polar surface area (TPSA) is 12.0 Å². The van der Waals surface area contributed by atoms with Gasteiger partial charge in [-0.1, -0.05) is 70.6 Å². The van der Waals surface area contributed by atoms with Crippen molar-refractivity contribution >= 4 is 0 Å². The number of rotatable bonds is 12. The van der Waals surface area contributed by atoms with Crippen LogP contribution in [-0.4, -0.2) is 12.6 Å². The Hall–Kier alpha value is -0.890. The molecule has 21 heavy (non-hydrogen) atoms. The van der Waals surface area contributed by atoms with E-state index in [1.165, 1.54) is 51.4 Å². The second-order valence-electron chi connectivity index (χ2n) is 5.98. The van der Waals surface area contributed by atoms with E-state index in [0.717, 1.165) is 18.5 Å². The Bertz CT molecular complexity index is 354. The lowest BCUT2D eigenvalue weighted by Gasteiger charge is -2.19. The van der Waals surface area contributed by atoms with Crippen molar-refractivity contribution in [3.05, 3.63) is 35.6 Å². The minimum absolute atomic E-state index is 0.0761. The predicted molar refractivity (Wildman–Crippen MR) is 90.2 cm³/mol. The molecule has 120 valence electrons. The van der Waals surface area contributed by atoms with Gasteiger partial charge >= 0.3 is 0 Å². The summed E-state index contributed by atoms with van der Waals surface area (Å²) in [6.45, 7) is 5.37. The van der Waals surface area contributed by atoms with Crippen molar-refractivity contribution in [2.45, 2.75) is 77.7 Å². The van der Waals surface area contributed by atoms with Crippen molar-refractivity contribution in [3.63, 3.8) is 0 Å². The fourth-order valence-electron chi connectivity index (χ4n) is 2.74. The highest BCUT2D eigenvalue weighted by molar-refractivity contribution is 5.17. The lowest BCUT2D eigenvalue weighted by molar-refractivity contribution is 0.420. The first-order valence-corrected chi connectivity index (χ1v) is 8.74. The van der Waals surface area contributed by atoms with Crippen LogP contribution < -0.4 is 5.32 Å². The van der Waals surface area contributed by atoms with E-state index in [1.807, 2.05) is 12.1 Å². The summed E-state index contributed by atoms with van der Waals surface area (Å²) in [6, 6.07) is 7.72. The fraction of sp³-hybridized carbons (Fsp3) is 0.684. The van der Waals surface area contributed by atoms with Gasteiger partial charge in [0, 0.05) is 6.04 Å². The highest BCUT2D eigenvalue weighted by atomic mass is 19.1. The number of hydrogen-bond donors (Lipinski definition) is 1. The Labute approximate surface area is 130 Å². The third kappa shape index (κ3) is 8.21. The molecule has 0 bridgehead atoms. The van der Waals surface area contributed by atoms with Crippen LogP contribution in [0.4, 0.5) is 4.39 Å². The van der Waals surface area contributed by atoms with Crippen LogP contribution >= 0.6 is 0 Å². The third-order valence-electron chi connectivity index (χ3n) is 4.10. The van der Waals surface area contributed by atoms with E-state index >= 15 is 0 Å². The molecule has 1 rings (SSSR count). The van der Waals surface area contributed by atoms with Gasteiger partial charge in [-0.25, -0.2) is 4.39 Å². The highest BCUT2D eigenvalue weighted by Crippen LogP contribution is 2.12. The van der Waals surface area contributed by atoms with Crippen molar-refractivity contribution in [2.24, 2.45) is 0 Å². The van der Waals surface area contributed by atoms with E-state index in [1.54, 1.807) is 12.1 Å². The quantitative estimate of drug-likeness (QED) is 0.503. The molecular formula is C19H32FN. The molecule has 1 aromatic rings. The van der Waals surface area contributed by atoms with Crippen LogP contribution in [0.2, 0.25) is 0 Å². The number of nitrogens with one attached hydrogen (secondary N) is 1. The molecule has 0 aromatic heterocycles. The first kappa shape index (κ1) is 18.2. The summed E-state index contributed by atoms with van der Waals surface area (Å²) in [5.41, 5.74) is 0.825. The van der Waals surface area contributed by atoms with Crippen LogP contribution in [0.15, 0.2) is 24.3 Å². The smallest absolute Gasteiger partial charge is 0.126 e. The molecule has 0 aliphatic carbocycles. The highest BCUT2D eigenvalue weighted by Gasteiger charge is 2.08. The molecule has 0 aliphatic rings. The predicted octanol–water partition coefficient (Wildman–Crippen LogP) is 5.49. The van der Waals surface area contributed by atoms with Gasteiger partial charge in [0.15, 0.2) is 0 Å². The molecule has 2 heteroatoms. The second kappa shape index (κ2) is 11.7. The normalized spacial score (nSPS) is 11.2. The van der Waals surface area contributed by atoms with Gasteiger partial charge in [-0.3, -0.25) is 0 Å². The molecule has 0 fully saturated rings. The zero-order valence-corrected chi connectivity index (χ0v) is 13.8. The molecule has 1 N–H and O–H groups in total. The molecular weight excluding hydrogens is 261 g/mol. The Kier molecular flexibility index (Phi) is 10.1. The Morgan fingerprint density at radius 2 is 1.57 bits per heavy atom. The SMILES string of the molecule is CCCCCC(CCCCC)NCCc1ccccc1F. The van der Waals surface area contributed by atoms with Gasteiger partial charge < -0.3 is 5.32 Å². The summed E-state index contributed by atoms with van der Waals surface area (Å²) in [4.78, 5) is 0. The molecule has 0 aliphatic heterocycles. The van der Waals surface area contributed by atoms with Gasteiger partial charge in [-0.2, -0.15) is 0 Å². The third-order valence-corrected chi connectivity index (χ3v) is 4.10. The van der Waals surface area contributed by atoms with E-state index in [4.69, 9.17) is 0 Å². The van der Waals surface area contributed by atoms with Gasteiger partial charge in [0.1, 0.15) is 5.82 Å². The maximum absolute atomic E-state index is 13.6. The summed E-state index contributed by atoms with van der Waals surface area (Å²) in [5.74, 6) is -0.0761. The standard InChI is InChI=1S/C19H32FN/c1-3-5-7-12-18(13-8-6-4-2)21-16-15-17-11-9-10-14-19(17)20/h9-11,14,18,21H,3-8,12-13,15-16H2,1-2H3. The number of hydrogen-bond acceptors (Lipinski definition) is 1. The van der Waals surface area contributed by atoms with Gasteiger partial charge in [-0.05, 0) is 37.4 Å². The lowest BCUT2D eigenvalue weighted by Crippen LogP contribution is -2.31. The lowest BCUT2D eigenvalue weighted by atomic mass is 10.0. The minimum atomic E-state index is -0.0761. The Morgan fingerprint density at radius 1 is 0.952 bits per heavy atom. The zero-order valence-electron chi connectivity index (χ0n) is 13.8. The fourth-order valence-corrected chi connectivity index (χ4v) is 2.74. The largest absolute Gasteiger partial charge is 0.314 e. The van der Waals surface area contributed by atoms with E-state index in [2.05, 4.69) is 19.2 Å². The molecule has 0 saturated heterocycles. The van der Waals surface area contributed by atoms with Crippen LogP contribution in [-0.2, 0) is 6.42 Å². The van der Waals surface area contributed by atoms with E-state index in [-0.39, 0.29) is 5.82 Å². The van der Waals surface area contributed by atoms with Crippen molar-refractivity contribution in [1.29, 1.82) is 0 Å². The van der Waals surface area contributed by atoms with Gasteiger partial charge in [0.25, 0.3) is 0 Å². The summed E-state index contributed by atoms with van der Waals surface area (Å²) in [5, 5.41) is 3.65. The van der Waals surface area contributed by atoms with Crippen molar-refractivity contribution in [2.75, 3.05) is 6.54 Å². The summed E-state index contributed by atoms with van der Waals surface area (Å²) >= 11 is 0. The van der Waals surface area contributed by atoms with Gasteiger partial charge in [-0.15, -0.1) is 0 Å². The molecule has 0 spiro atoms. The zero-order chi connectivity index (χ0) is 15.3. The summed E-state index contributed by atoms with van der Waals surface area (Å²) in [6.07, 6.45) is 11.1. The van der Waals surface area contributed by atoms with E-state index in [9.17, 15) is 4.39 Å². The van der Waals surface area contributed by atoms with Gasteiger partial charge in [0.05, 0.1) is 0 Å². The Balaban J connectivity index is 2.31. The number of benzene rings is 1. The maximum atomic E-state index is 13.6. The van der Waals surface area contributed by atoms with Crippen LogP contribution in [0.3, 0.4) is 0 Å². The van der Waals surface area contributed by atoms with Crippen molar-refractivity contribution in [1.82, 2.24) is 5.32 Å². The van der Waals surface area contributed by atoms with E-state index < -0.39 is 0 Å². The number of halogens is 1. The van der Waals surface area contributed by atoms with Crippen LogP contribution in [0.5, 0.6) is 0 Å². The first-order chi connectivity index (χ1) is 10.3. The van der Waals surface area contributed by atoms with Crippen molar-refractivity contribution < 1.29 is 4.39 Å². The van der Waals surface area contributed by atoms with Gasteiger partial charge in [0.2, 0.25) is 0 Å². The average molecular weight is 293 g/mol. The second-order valence-corrected chi connectivity index (χ2v) is 5.98. The summed E-state index contributed by atoms with van der Waals surface area (Å²) in [7, 11) is 0. The Morgan fingerprint density at radius 3 is 2.14 bits per heavy atom. The average Bonchev–Trinajstić information content (AvgIpc) is 2.49. The molecule has 1 aromatic carbocycles. The minimum Gasteiger partial charge on any atom is -0.314 e. The summed E-state index contributed by atoms with van der Waals surface area (Å²) < 4.78 is 13.6. The monoisotopic (exact) mass is 293 g/mol. The van der Waals surface area contributed by atoms with Crippen LogP contribution in [0, 0.1) is 5.82 Å². The molecule has 0 saturated carbocycles. The molecule has 1 nitrogen and oxygen atoms in total. The molecule has 0 atom stereocenters. The van der Waals surface area contributed by atoms with E-state index in [0.29, 0.717) is 6.04 Å².